The van der Waals surface area contributed by atoms with Crippen LogP contribution in [0.2, 0.25) is 18.1 Å². The molecule has 1 aliphatic heterocycles. The van der Waals surface area contributed by atoms with E-state index in [4.69, 9.17) is 9.52 Å². The number of aromatic nitrogens is 3. The molecule has 10 heteroatoms. The van der Waals surface area contributed by atoms with Crippen LogP contribution < -0.4 is 4.90 Å². The standard InChI is InChI=1S/C27H32F4N4OSi/c1-19(36-37(5,6)25(2,3)4)26(28)14-15-34(18-26)24-11-10-23-32-17-22(35(23)33-24)21-9-7-8-20(16-21)12-13-27(29,30)31/h7-11,16-17,19H,14-15,18H2,1-6H3. The maximum atomic E-state index is 16.1. The normalized spacial score (nSPS) is 19.7. The van der Waals surface area contributed by atoms with Gasteiger partial charge in [0.05, 0.1) is 24.5 Å². The van der Waals surface area contributed by atoms with E-state index in [1.54, 1.807) is 35.0 Å². The third-order valence-corrected chi connectivity index (χ3v) is 12.0. The smallest absolute Gasteiger partial charge is 0.411 e. The lowest BCUT2D eigenvalue weighted by Crippen LogP contribution is -2.50. The Morgan fingerprint density at radius 1 is 1.14 bits per heavy atom. The molecule has 1 aromatic carbocycles. The molecule has 0 aliphatic carbocycles. The van der Waals surface area contributed by atoms with Crippen molar-refractivity contribution in [1.29, 1.82) is 0 Å². The van der Waals surface area contributed by atoms with Gasteiger partial charge in [0, 0.05) is 30.0 Å². The number of alkyl halides is 4. The number of nitrogens with zero attached hydrogens (tertiary/aromatic N) is 4. The van der Waals surface area contributed by atoms with Gasteiger partial charge in [-0.25, -0.2) is 13.9 Å². The van der Waals surface area contributed by atoms with Crippen LogP contribution >= 0.6 is 0 Å². The molecule has 0 spiro atoms. The lowest BCUT2D eigenvalue weighted by molar-refractivity contribution is -0.0696. The summed E-state index contributed by atoms with van der Waals surface area (Å²) in [7, 11) is -2.14. The van der Waals surface area contributed by atoms with Crippen LogP contribution in [-0.2, 0) is 4.43 Å². The summed E-state index contributed by atoms with van der Waals surface area (Å²) < 4.78 is 61.6. The predicted octanol–water partition coefficient (Wildman–Crippen LogP) is 6.64. The monoisotopic (exact) mass is 532 g/mol. The summed E-state index contributed by atoms with van der Waals surface area (Å²) in [4.78, 5) is 6.28. The van der Waals surface area contributed by atoms with Crippen LogP contribution in [0.25, 0.3) is 16.9 Å². The highest BCUT2D eigenvalue weighted by Gasteiger charge is 2.48. The van der Waals surface area contributed by atoms with Crippen LogP contribution in [-0.4, -0.2) is 54.0 Å². The first kappa shape index (κ1) is 27.1. The maximum absolute atomic E-state index is 16.1. The van der Waals surface area contributed by atoms with Crippen LogP contribution in [0.5, 0.6) is 0 Å². The fraction of sp³-hybridized carbons (Fsp3) is 0.481. The van der Waals surface area contributed by atoms with Crippen molar-refractivity contribution in [2.24, 2.45) is 0 Å². The first-order chi connectivity index (χ1) is 17.1. The van der Waals surface area contributed by atoms with E-state index in [2.05, 4.69) is 44.8 Å². The number of anilines is 1. The molecule has 0 bridgehead atoms. The molecule has 3 aromatic rings. The average Bonchev–Trinajstić information content (AvgIpc) is 3.40. The summed E-state index contributed by atoms with van der Waals surface area (Å²) in [6.45, 7) is 13.1. The van der Waals surface area contributed by atoms with Gasteiger partial charge >= 0.3 is 6.18 Å². The number of fused-ring (bicyclic) bond motifs is 1. The molecule has 0 N–H and O–H groups in total. The zero-order valence-electron chi connectivity index (χ0n) is 21.9. The van der Waals surface area contributed by atoms with E-state index in [1.165, 1.54) is 12.0 Å². The molecule has 2 atom stereocenters. The highest BCUT2D eigenvalue weighted by atomic mass is 28.4. The van der Waals surface area contributed by atoms with E-state index < -0.39 is 26.3 Å². The summed E-state index contributed by atoms with van der Waals surface area (Å²) in [6, 6.07) is 10.1. The van der Waals surface area contributed by atoms with Gasteiger partial charge < -0.3 is 9.33 Å². The fourth-order valence-electron chi connectivity index (χ4n) is 4.18. The lowest BCUT2D eigenvalue weighted by Gasteiger charge is -2.41. The van der Waals surface area contributed by atoms with Crippen LogP contribution in [0.1, 0.15) is 39.7 Å². The Balaban J connectivity index is 1.58. The summed E-state index contributed by atoms with van der Waals surface area (Å²) in [5.41, 5.74) is 0.538. The van der Waals surface area contributed by atoms with Crippen molar-refractivity contribution in [2.75, 3.05) is 18.0 Å². The Hall–Kier alpha value is -2.90. The zero-order chi connectivity index (χ0) is 27.2. The number of benzene rings is 1. The minimum absolute atomic E-state index is 0.0179. The zero-order valence-corrected chi connectivity index (χ0v) is 22.9. The summed E-state index contributed by atoms with van der Waals surface area (Å²) in [6.07, 6.45) is -3.17. The summed E-state index contributed by atoms with van der Waals surface area (Å²) >= 11 is 0. The van der Waals surface area contributed by atoms with Crippen molar-refractivity contribution < 1.29 is 22.0 Å². The van der Waals surface area contributed by atoms with Crippen molar-refractivity contribution in [3.8, 4) is 23.1 Å². The predicted molar refractivity (Wildman–Crippen MR) is 140 cm³/mol. The lowest BCUT2D eigenvalue weighted by atomic mass is 10.00. The molecule has 3 heterocycles. The van der Waals surface area contributed by atoms with Crippen molar-refractivity contribution in [2.45, 2.75) is 70.2 Å². The summed E-state index contributed by atoms with van der Waals surface area (Å²) in [5, 5.41) is 4.69. The first-order valence-corrected chi connectivity index (χ1v) is 15.2. The van der Waals surface area contributed by atoms with Gasteiger partial charge in [0.2, 0.25) is 0 Å². The van der Waals surface area contributed by atoms with Crippen LogP contribution in [0.4, 0.5) is 23.4 Å². The Morgan fingerprint density at radius 2 is 1.86 bits per heavy atom. The van der Waals surface area contributed by atoms with Gasteiger partial charge in [-0.2, -0.15) is 13.2 Å². The van der Waals surface area contributed by atoms with Crippen LogP contribution in [0.3, 0.4) is 0 Å². The Morgan fingerprint density at radius 3 is 2.54 bits per heavy atom. The molecule has 37 heavy (non-hydrogen) atoms. The largest absolute Gasteiger partial charge is 0.458 e. The van der Waals surface area contributed by atoms with Gasteiger partial charge in [-0.05, 0) is 49.3 Å². The molecule has 2 unspecified atom stereocenters. The minimum Gasteiger partial charge on any atom is -0.411 e. The van der Waals surface area contributed by atoms with E-state index in [-0.39, 0.29) is 17.1 Å². The summed E-state index contributed by atoms with van der Waals surface area (Å²) in [5.74, 6) is 4.04. The number of imidazole rings is 1. The number of rotatable bonds is 5. The molecule has 1 fully saturated rings. The molecule has 1 saturated heterocycles. The second-order valence-corrected chi connectivity index (χ2v) is 15.9. The fourth-order valence-corrected chi connectivity index (χ4v) is 5.63. The van der Waals surface area contributed by atoms with Crippen molar-refractivity contribution in [3.05, 3.63) is 48.2 Å². The molecule has 5 nitrogen and oxygen atoms in total. The van der Waals surface area contributed by atoms with Gasteiger partial charge in [-0.15, -0.1) is 5.10 Å². The molecule has 0 saturated carbocycles. The van der Waals surface area contributed by atoms with Gasteiger partial charge in [-0.1, -0.05) is 38.8 Å². The van der Waals surface area contributed by atoms with Gasteiger partial charge in [0.25, 0.3) is 0 Å². The third kappa shape index (κ3) is 5.83. The number of halogens is 4. The van der Waals surface area contributed by atoms with E-state index in [0.29, 0.717) is 35.7 Å². The minimum atomic E-state index is -4.57. The molecule has 2 aromatic heterocycles. The topological polar surface area (TPSA) is 42.7 Å². The Bertz CT molecular complexity index is 1350. The first-order valence-electron chi connectivity index (χ1n) is 12.2. The van der Waals surface area contributed by atoms with Crippen LogP contribution in [0.15, 0.2) is 42.6 Å². The van der Waals surface area contributed by atoms with E-state index >= 15 is 4.39 Å². The average molecular weight is 533 g/mol. The van der Waals surface area contributed by atoms with Gasteiger partial charge in [-0.3, -0.25) is 0 Å². The maximum Gasteiger partial charge on any atom is 0.458 e. The van der Waals surface area contributed by atoms with Crippen molar-refractivity contribution in [1.82, 2.24) is 14.6 Å². The second kappa shape index (κ2) is 9.44. The highest BCUT2D eigenvalue weighted by molar-refractivity contribution is 6.74. The number of hydrogen-bond acceptors (Lipinski definition) is 4. The van der Waals surface area contributed by atoms with E-state index in [1.807, 2.05) is 17.9 Å². The molecule has 0 radical (unpaired) electrons. The molecule has 0 amide bonds. The van der Waals surface area contributed by atoms with Gasteiger partial charge in [0.1, 0.15) is 5.82 Å². The van der Waals surface area contributed by atoms with E-state index in [9.17, 15) is 13.2 Å². The molecule has 198 valence electrons. The molecule has 1 aliphatic rings. The number of hydrogen-bond donors (Lipinski definition) is 0. The van der Waals surface area contributed by atoms with Crippen molar-refractivity contribution in [3.63, 3.8) is 0 Å². The Kier molecular flexibility index (Phi) is 6.93. The van der Waals surface area contributed by atoms with Crippen molar-refractivity contribution >= 4 is 19.8 Å². The van der Waals surface area contributed by atoms with E-state index in [0.717, 1.165) is 0 Å². The molecule has 4 rings (SSSR count). The Labute approximate surface area is 216 Å². The second-order valence-electron chi connectivity index (χ2n) is 11.2. The highest BCUT2D eigenvalue weighted by Crippen LogP contribution is 2.41. The quantitative estimate of drug-likeness (QED) is 0.210. The van der Waals surface area contributed by atoms with Crippen LogP contribution in [0, 0.1) is 11.8 Å². The van der Waals surface area contributed by atoms with Gasteiger partial charge in [0.15, 0.2) is 19.6 Å². The third-order valence-electron chi connectivity index (χ3n) is 7.44. The molecular weight excluding hydrogens is 500 g/mol. The molecular formula is C27H32F4N4OSi. The SMILES string of the molecule is CC(O[Si](C)(C)C(C)(C)C)C1(F)CCN(c2ccc3ncc(-c4cccc(C#CC(F)(F)F)c4)n3n2)C1.